The van der Waals surface area contributed by atoms with Crippen molar-refractivity contribution in [3.8, 4) is 5.75 Å². The van der Waals surface area contributed by atoms with Crippen molar-refractivity contribution >= 4 is 15.9 Å². The van der Waals surface area contributed by atoms with E-state index in [0.717, 1.165) is 10.0 Å². The second-order valence-electron chi connectivity index (χ2n) is 4.65. The van der Waals surface area contributed by atoms with Crippen LogP contribution in [0.25, 0.3) is 0 Å². The van der Waals surface area contributed by atoms with Gasteiger partial charge < -0.3 is 9.84 Å². The van der Waals surface area contributed by atoms with Crippen LogP contribution in [0.2, 0.25) is 0 Å². The minimum absolute atomic E-state index is 0.207. The number of aryl methyl sites for hydroxylation is 1. The normalized spacial score (nSPS) is 12.2. The fraction of sp³-hybridized carbons (Fsp3) is 0.250. The van der Waals surface area contributed by atoms with Crippen molar-refractivity contribution in [2.24, 2.45) is 0 Å². The first-order valence-electron chi connectivity index (χ1n) is 6.28. The third-order valence-electron chi connectivity index (χ3n) is 3.24. The Bertz CT molecular complexity index is 613. The van der Waals surface area contributed by atoms with E-state index >= 15 is 0 Å². The van der Waals surface area contributed by atoms with Gasteiger partial charge in [0.25, 0.3) is 0 Å². The molecule has 2 aromatic rings. The molecule has 0 amide bonds. The Labute approximate surface area is 126 Å². The summed E-state index contributed by atoms with van der Waals surface area (Å²) < 4.78 is 19.8. The summed E-state index contributed by atoms with van der Waals surface area (Å²) in [5.74, 6) is 0.297. The maximum absolute atomic E-state index is 13.6. The fourth-order valence-corrected chi connectivity index (χ4v) is 2.45. The molecule has 2 rings (SSSR count). The molecule has 20 heavy (non-hydrogen) atoms. The number of hydrogen-bond donors (Lipinski definition) is 1. The van der Waals surface area contributed by atoms with E-state index in [4.69, 9.17) is 4.74 Å². The van der Waals surface area contributed by atoms with Crippen LogP contribution in [0.4, 0.5) is 4.39 Å². The summed E-state index contributed by atoms with van der Waals surface area (Å²) in [6.07, 6.45) is -0.614. The summed E-state index contributed by atoms with van der Waals surface area (Å²) >= 11 is 3.44. The molecule has 0 radical (unpaired) electrons. The third kappa shape index (κ3) is 3.19. The second-order valence-corrected chi connectivity index (χ2v) is 5.51. The summed E-state index contributed by atoms with van der Waals surface area (Å²) in [5, 5.41) is 10.4. The van der Waals surface area contributed by atoms with Crippen LogP contribution in [0.1, 0.15) is 22.8 Å². The van der Waals surface area contributed by atoms with E-state index in [9.17, 15) is 9.50 Å². The van der Waals surface area contributed by atoms with Gasteiger partial charge in [0.15, 0.2) is 0 Å². The molecule has 0 heterocycles. The highest BCUT2D eigenvalue weighted by molar-refractivity contribution is 9.10. The minimum atomic E-state index is -0.821. The van der Waals surface area contributed by atoms with Gasteiger partial charge in [0.2, 0.25) is 0 Å². The largest absolute Gasteiger partial charge is 0.496 e. The summed E-state index contributed by atoms with van der Waals surface area (Å²) in [7, 11) is 1.56. The molecule has 0 aliphatic heterocycles. The van der Waals surface area contributed by atoms with Crippen LogP contribution in [-0.4, -0.2) is 12.2 Å². The van der Waals surface area contributed by atoms with Gasteiger partial charge in [-0.2, -0.15) is 0 Å². The monoisotopic (exact) mass is 338 g/mol. The zero-order valence-corrected chi connectivity index (χ0v) is 12.9. The summed E-state index contributed by atoms with van der Waals surface area (Å²) in [5.41, 5.74) is 2.15. The lowest BCUT2D eigenvalue weighted by molar-refractivity contribution is 0.172. The summed E-state index contributed by atoms with van der Waals surface area (Å²) in [6.45, 7) is 1.94. The molecule has 0 aromatic heterocycles. The molecular formula is C16H16BrFO2. The van der Waals surface area contributed by atoms with E-state index in [2.05, 4.69) is 15.9 Å². The number of aliphatic hydroxyl groups excluding tert-OH is 1. The highest BCUT2D eigenvalue weighted by atomic mass is 79.9. The van der Waals surface area contributed by atoms with E-state index in [1.54, 1.807) is 25.3 Å². The van der Waals surface area contributed by atoms with Crippen molar-refractivity contribution in [2.75, 3.05) is 7.11 Å². The second kappa shape index (κ2) is 6.37. The topological polar surface area (TPSA) is 29.5 Å². The van der Waals surface area contributed by atoms with E-state index in [-0.39, 0.29) is 12.2 Å². The highest BCUT2D eigenvalue weighted by Gasteiger charge is 2.17. The fourth-order valence-electron chi connectivity index (χ4n) is 2.09. The molecule has 1 atom stereocenters. The van der Waals surface area contributed by atoms with Crippen LogP contribution >= 0.6 is 15.9 Å². The Kier molecular flexibility index (Phi) is 4.78. The predicted molar refractivity (Wildman–Crippen MR) is 80.5 cm³/mol. The standard InChI is InChI=1S/C16H16BrFO2/c1-10-7-16(20-2)12(9-13(10)17)15(19)8-11-5-3-4-6-14(11)18/h3-7,9,15,19H,8H2,1-2H3. The van der Waals surface area contributed by atoms with E-state index in [1.165, 1.54) is 6.07 Å². The van der Waals surface area contributed by atoms with Crippen LogP contribution in [-0.2, 0) is 6.42 Å². The first kappa shape index (κ1) is 15.0. The van der Waals surface area contributed by atoms with Crippen molar-refractivity contribution < 1.29 is 14.2 Å². The van der Waals surface area contributed by atoms with Crippen LogP contribution in [0.5, 0.6) is 5.75 Å². The molecule has 0 aliphatic carbocycles. The average molecular weight is 339 g/mol. The van der Waals surface area contributed by atoms with Crippen LogP contribution in [0.15, 0.2) is 40.9 Å². The zero-order chi connectivity index (χ0) is 14.7. The highest BCUT2D eigenvalue weighted by Crippen LogP contribution is 2.33. The molecule has 106 valence electrons. The van der Waals surface area contributed by atoms with Gasteiger partial charge >= 0.3 is 0 Å². The number of aliphatic hydroxyl groups is 1. The van der Waals surface area contributed by atoms with Gasteiger partial charge in [0.05, 0.1) is 13.2 Å². The van der Waals surface area contributed by atoms with Gasteiger partial charge in [-0.1, -0.05) is 34.1 Å². The van der Waals surface area contributed by atoms with Gasteiger partial charge in [-0.25, -0.2) is 4.39 Å². The van der Waals surface area contributed by atoms with E-state index < -0.39 is 6.10 Å². The number of methoxy groups -OCH3 is 1. The third-order valence-corrected chi connectivity index (χ3v) is 4.10. The van der Waals surface area contributed by atoms with Gasteiger partial charge in [-0.3, -0.25) is 0 Å². The molecule has 1 unspecified atom stereocenters. The average Bonchev–Trinajstić information content (AvgIpc) is 2.43. The van der Waals surface area contributed by atoms with Crippen molar-refractivity contribution in [1.82, 2.24) is 0 Å². The van der Waals surface area contributed by atoms with Crippen LogP contribution in [0, 0.1) is 12.7 Å². The van der Waals surface area contributed by atoms with Gasteiger partial charge in [0.1, 0.15) is 11.6 Å². The first-order valence-corrected chi connectivity index (χ1v) is 7.07. The zero-order valence-electron chi connectivity index (χ0n) is 11.4. The van der Waals surface area contributed by atoms with Crippen LogP contribution < -0.4 is 4.74 Å². The van der Waals surface area contributed by atoms with Gasteiger partial charge in [-0.05, 0) is 36.2 Å². The van der Waals surface area contributed by atoms with Crippen molar-refractivity contribution in [1.29, 1.82) is 0 Å². The maximum Gasteiger partial charge on any atom is 0.126 e. The van der Waals surface area contributed by atoms with Crippen molar-refractivity contribution in [3.63, 3.8) is 0 Å². The lowest BCUT2D eigenvalue weighted by Gasteiger charge is -2.17. The number of halogens is 2. The van der Waals surface area contributed by atoms with E-state index in [1.807, 2.05) is 19.1 Å². The molecule has 0 bridgehead atoms. The molecule has 0 saturated carbocycles. The molecule has 1 N–H and O–H groups in total. The molecule has 0 spiro atoms. The quantitative estimate of drug-likeness (QED) is 0.905. The minimum Gasteiger partial charge on any atom is -0.496 e. The number of hydrogen-bond acceptors (Lipinski definition) is 2. The SMILES string of the molecule is COc1cc(C)c(Br)cc1C(O)Cc1ccccc1F. The molecule has 2 nitrogen and oxygen atoms in total. The Morgan fingerprint density at radius 3 is 2.65 bits per heavy atom. The number of benzene rings is 2. The Morgan fingerprint density at radius 2 is 2.00 bits per heavy atom. The molecule has 4 heteroatoms. The molecule has 0 fully saturated rings. The predicted octanol–water partition coefficient (Wildman–Crippen LogP) is 4.18. The molecule has 2 aromatic carbocycles. The first-order chi connectivity index (χ1) is 9.52. The van der Waals surface area contributed by atoms with E-state index in [0.29, 0.717) is 16.9 Å². The summed E-state index contributed by atoms with van der Waals surface area (Å²) in [6, 6.07) is 10.1. The molecular weight excluding hydrogens is 323 g/mol. The Hall–Kier alpha value is -1.39. The number of ether oxygens (including phenoxy) is 1. The van der Waals surface area contributed by atoms with Crippen LogP contribution in [0.3, 0.4) is 0 Å². The molecule has 0 saturated heterocycles. The van der Waals surface area contributed by atoms with Gasteiger partial charge in [-0.15, -0.1) is 0 Å². The van der Waals surface area contributed by atoms with Crippen molar-refractivity contribution in [3.05, 3.63) is 63.4 Å². The Morgan fingerprint density at radius 1 is 1.30 bits per heavy atom. The van der Waals surface area contributed by atoms with Crippen molar-refractivity contribution in [2.45, 2.75) is 19.4 Å². The summed E-state index contributed by atoms with van der Waals surface area (Å²) in [4.78, 5) is 0. The smallest absolute Gasteiger partial charge is 0.126 e. The number of rotatable bonds is 4. The Balaban J connectivity index is 2.32. The lowest BCUT2D eigenvalue weighted by Crippen LogP contribution is -2.06. The lowest BCUT2D eigenvalue weighted by atomic mass is 9.99. The van der Waals surface area contributed by atoms with Gasteiger partial charge in [0, 0.05) is 16.5 Å². The maximum atomic E-state index is 13.6. The molecule has 0 aliphatic rings.